The van der Waals surface area contributed by atoms with Crippen molar-refractivity contribution in [1.82, 2.24) is 0 Å². The minimum atomic E-state index is -1.14. The normalized spacial score (nSPS) is 35.5. The van der Waals surface area contributed by atoms with Gasteiger partial charge in [-0.05, 0) is 0 Å². The van der Waals surface area contributed by atoms with Gasteiger partial charge in [0.15, 0.2) is 0 Å². The molecular formula is C7H13NO3. The Hall–Kier alpha value is -0.610. The third kappa shape index (κ3) is 1.70. The first-order valence-electron chi connectivity index (χ1n) is 3.63. The van der Waals surface area contributed by atoms with Gasteiger partial charge in [0.1, 0.15) is 12.6 Å². The van der Waals surface area contributed by atoms with E-state index in [2.05, 4.69) is 0 Å². The summed E-state index contributed by atoms with van der Waals surface area (Å²) in [6, 6.07) is 0. The summed E-state index contributed by atoms with van der Waals surface area (Å²) in [6.07, 6.45) is -0.741. The van der Waals surface area contributed by atoms with E-state index in [0.29, 0.717) is 17.6 Å². The quantitative estimate of drug-likeness (QED) is 0.442. The van der Waals surface area contributed by atoms with Crippen molar-refractivity contribution in [1.29, 1.82) is 0 Å². The Morgan fingerprint density at radius 3 is 2.27 bits per heavy atom. The molecule has 4 heteroatoms. The number of rotatable bonds is 1. The molecule has 0 aromatic heterocycles. The van der Waals surface area contributed by atoms with Gasteiger partial charge in [-0.25, -0.2) is 0 Å². The predicted molar refractivity (Wildman–Crippen MR) is 36.3 cm³/mol. The van der Waals surface area contributed by atoms with Gasteiger partial charge in [0, 0.05) is 0 Å². The molecule has 0 aromatic carbocycles. The van der Waals surface area contributed by atoms with E-state index in [4.69, 9.17) is 0 Å². The molecule has 1 rings (SSSR count). The molecule has 0 radical (unpaired) electrons. The molecule has 64 valence electrons. The van der Waals surface area contributed by atoms with Gasteiger partial charge in [-0.3, -0.25) is 0 Å². The lowest BCUT2D eigenvalue weighted by atomic mass is 10.1. The summed E-state index contributed by atoms with van der Waals surface area (Å²) < 4.78 is 0.555. The lowest BCUT2D eigenvalue weighted by Gasteiger charge is -2.22. The van der Waals surface area contributed by atoms with Crippen molar-refractivity contribution in [2.24, 2.45) is 5.92 Å². The zero-order chi connectivity index (χ0) is 8.65. The lowest BCUT2D eigenvalue weighted by Crippen LogP contribution is -2.40. The van der Waals surface area contributed by atoms with Gasteiger partial charge in [-0.2, -0.15) is 0 Å². The Labute approximate surface area is 65.6 Å². The van der Waals surface area contributed by atoms with E-state index in [9.17, 15) is 15.0 Å². The number of likely N-dealkylation sites (N-methyl/N-ethyl adjacent to an activating group) is 1. The van der Waals surface area contributed by atoms with E-state index in [-0.39, 0.29) is 0 Å². The van der Waals surface area contributed by atoms with Crippen LogP contribution in [0.3, 0.4) is 0 Å². The highest BCUT2D eigenvalue weighted by Crippen LogP contribution is 2.19. The number of aliphatic carboxylic acids is 1. The zero-order valence-corrected chi connectivity index (χ0v) is 6.78. The lowest BCUT2D eigenvalue weighted by molar-refractivity contribution is -0.880. The average Bonchev–Trinajstić information content (AvgIpc) is 2.05. The van der Waals surface area contributed by atoms with Crippen LogP contribution in [0.25, 0.3) is 0 Å². The zero-order valence-electron chi connectivity index (χ0n) is 6.78. The number of carboxylic acids is 1. The smallest absolute Gasteiger partial charge is 0.116 e. The fraction of sp³-hybridized carbons (Fsp3) is 0.857. The van der Waals surface area contributed by atoms with E-state index < -0.39 is 18.0 Å². The van der Waals surface area contributed by atoms with Gasteiger partial charge in [0.05, 0.1) is 32.5 Å². The Kier molecular flexibility index (Phi) is 1.90. The van der Waals surface area contributed by atoms with Gasteiger partial charge in [-0.15, -0.1) is 0 Å². The van der Waals surface area contributed by atoms with Crippen molar-refractivity contribution in [3.63, 3.8) is 0 Å². The first kappa shape index (κ1) is 8.49. The largest absolute Gasteiger partial charge is 0.550 e. The van der Waals surface area contributed by atoms with Crippen LogP contribution in [0.15, 0.2) is 0 Å². The molecule has 0 aliphatic carbocycles. The SMILES string of the molecule is C[N+]1(C)CC(O)[C@H](C(=O)[O-])C1. The topological polar surface area (TPSA) is 60.4 Å². The van der Waals surface area contributed by atoms with Crippen LogP contribution in [0.4, 0.5) is 0 Å². The molecule has 0 saturated carbocycles. The average molecular weight is 159 g/mol. The van der Waals surface area contributed by atoms with E-state index in [1.54, 1.807) is 0 Å². The molecule has 0 bridgehead atoms. The second kappa shape index (κ2) is 2.46. The molecule has 0 amide bonds. The van der Waals surface area contributed by atoms with E-state index in [1.807, 2.05) is 14.1 Å². The fourth-order valence-electron chi connectivity index (χ4n) is 1.59. The number of aliphatic hydroxyl groups excluding tert-OH is 1. The maximum absolute atomic E-state index is 10.4. The van der Waals surface area contributed by atoms with E-state index in [1.165, 1.54) is 0 Å². The Bertz CT molecular complexity index is 179. The number of aliphatic hydroxyl groups is 1. The van der Waals surface area contributed by atoms with Crippen molar-refractivity contribution < 1.29 is 19.5 Å². The number of hydrogen-bond donors (Lipinski definition) is 1. The summed E-state index contributed by atoms with van der Waals surface area (Å²) in [5, 5.41) is 19.7. The fourth-order valence-corrected chi connectivity index (χ4v) is 1.59. The van der Waals surface area contributed by atoms with Gasteiger partial charge in [0.25, 0.3) is 0 Å². The van der Waals surface area contributed by atoms with Gasteiger partial charge >= 0.3 is 0 Å². The third-order valence-corrected chi connectivity index (χ3v) is 2.14. The van der Waals surface area contributed by atoms with Crippen molar-refractivity contribution in [2.75, 3.05) is 27.2 Å². The number of carbonyl (C=O) groups excluding carboxylic acids is 1. The van der Waals surface area contributed by atoms with Crippen molar-refractivity contribution in [3.8, 4) is 0 Å². The van der Waals surface area contributed by atoms with Crippen LogP contribution in [0.2, 0.25) is 0 Å². The highest BCUT2D eigenvalue weighted by atomic mass is 16.4. The summed E-state index contributed by atoms with van der Waals surface area (Å²) in [5.74, 6) is -1.83. The molecule has 1 saturated heterocycles. The maximum Gasteiger partial charge on any atom is 0.116 e. The van der Waals surface area contributed by atoms with Crippen LogP contribution in [-0.4, -0.2) is 48.8 Å². The molecule has 1 unspecified atom stereocenters. The van der Waals surface area contributed by atoms with Crippen LogP contribution < -0.4 is 5.11 Å². The van der Waals surface area contributed by atoms with E-state index >= 15 is 0 Å². The van der Waals surface area contributed by atoms with Crippen molar-refractivity contribution in [3.05, 3.63) is 0 Å². The van der Waals surface area contributed by atoms with Crippen LogP contribution in [0.1, 0.15) is 0 Å². The van der Waals surface area contributed by atoms with Crippen LogP contribution >= 0.6 is 0 Å². The summed E-state index contributed by atoms with van der Waals surface area (Å²) in [5.41, 5.74) is 0. The summed E-state index contributed by atoms with van der Waals surface area (Å²) in [7, 11) is 3.79. The second-order valence-electron chi connectivity index (χ2n) is 3.79. The Morgan fingerprint density at radius 1 is 1.55 bits per heavy atom. The molecular weight excluding hydrogens is 146 g/mol. The van der Waals surface area contributed by atoms with E-state index in [0.717, 1.165) is 0 Å². The van der Waals surface area contributed by atoms with Gasteiger partial charge in [0.2, 0.25) is 0 Å². The van der Waals surface area contributed by atoms with Crippen LogP contribution in [0, 0.1) is 5.92 Å². The summed E-state index contributed by atoms with van der Waals surface area (Å²) in [6.45, 7) is 0.960. The molecule has 1 heterocycles. The predicted octanol–water partition coefficient (Wildman–Crippen LogP) is -2.20. The standard InChI is InChI=1S/C7H13NO3/c1-8(2)3-5(7(10)11)6(9)4-8/h5-6,9H,3-4H2,1-2H3/t5-,6?/m1/s1. The van der Waals surface area contributed by atoms with Gasteiger partial charge < -0.3 is 19.5 Å². The first-order chi connectivity index (χ1) is 4.92. The molecule has 1 aliphatic heterocycles. The summed E-state index contributed by atoms with van der Waals surface area (Å²) >= 11 is 0. The van der Waals surface area contributed by atoms with Gasteiger partial charge in [-0.1, -0.05) is 0 Å². The molecule has 1 fully saturated rings. The number of quaternary nitrogens is 1. The monoisotopic (exact) mass is 159 g/mol. The molecule has 11 heavy (non-hydrogen) atoms. The molecule has 1 aliphatic rings. The minimum absolute atomic E-state index is 0.462. The number of carboxylic acid groups (broad SMARTS) is 1. The number of likely N-dealkylation sites (tertiary alicyclic amines) is 1. The number of nitrogens with zero attached hydrogens (tertiary/aromatic N) is 1. The molecule has 1 N–H and O–H groups in total. The van der Waals surface area contributed by atoms with Crippen molar-refractivity contribution >= 4 is 5.97 Å². The van der Waals surface area contributed by atoms with Crippen molar-refractivity contribution in [2.45, 2.75) is 6.10 Å². The molecule has 0 spiro atoms. The molecule has 4 nitrogen and oxygen atoms in total. The third-order valence-electron chi connectivity index (χ3n) is 2.14. The first-order valence-corrected chi connectivity index (χ1v) is 3.63. The number of carbonyl (C=O) groups is 1. The maximum atomic E-state index is 10.4. The van der Waals surface area contributed by atoms with Crippen LogP contribution in [0.5, 0.6) is 0 Å². The van der Waals surface area contributed by atoms with Crippen LogP contribution in [-0.2, 0) is 4.79 Å². The second-order valence-corrected chi connectivity index (χ2v) is 3.79. The summed E-state index contributed by atoms with van der Waals surface area (Å²) in [4.78, 5) is 10.4. The minimum Gasteiger partial charge on any atom is -0.550 e. The highest BCUT2D eigenvalue weighted by Gasteiger charge is 2.39. The highest BCUT2D eigenvalue weighted by molar-refractivity contribution is 5.68. The number of hydrogen-bond acceptors (Lipinski definition) is 3. The molecule has 0 aromatic rings. The Balaban J connectivity index is 2.66. The molecule has 2 atom stereocenters. The Morgan fingerprint density at radius 2 is 2.09 bits per heavy atom.